The number of amides is 1. The van der Waals surface area contributed by atoms with Crippen LogP contribution in [0.3, 0.4) is 0 Å². The third kappa shape index (κ3) is 3.55. The van der Waals surface area contributed by atoms with Gasteiger partial charge in [0, 0.05) is 30.3 Å². The summed E-state index contributed by atoms with van der Waals surface area (Å²) in [5.41, 5.74) is 7.81. The van der Waals surface area contributed by atoms with E-state index >= 15 is 0 Å². The van der Waals surface area contributed by atoms with Crippen LogP contribution in [0, 0.1) is 6.92 Å². The van der Waals surface area contributed by atoms with Crippen LogP contribution < -0.4 is 10.5 Å². The van der Waals surface area contributed by atoms with Crippen LogP contribution in [0.15, 0.2) is 40.9 Å². The number of anilines is 1. The number of halogens is 1. The Kier molecular flexibility index (Phi) is 4.53. The maximum atomic E-state index is 12.2. The average Bonchev–Trinajstić information content (AvgIpc) is 2.41. The van der Waals surface area contributed by atoms with Gasteiger partial charge in [0.2, 0.25) is 0 Å². The van der Waals surface area contributed by atoms with Gasteiger partial charge in [-0.1, -0.05) is 15.9 Å². The molecule has 0 radical (unpaired) electrons. The summed E-state index contributed by atoms with van der Waals surface area (Å²) in [6, 6.07) is 10.7. The third-order valence-corrected chi connectivity index (χ3v) is 3.49. The van der Waals surface area contributed by atoms with Crippen LogP contribution in [-0.4, -0.2) is 24.9 Å². The number of hydrogen-bond acceptors (Lipinski definition) is 3. The van der Waals surface area contributed by atoms with E-state index in [9.17, 15) is 4.79 Å². The number of carbonyl (C=O) groups is 1. The first-order chi connectivity index (χ1) is 9.88. The van der Waals surface area contributed by atoms with Crippen molar-refractivity contribution in [2.75, 3.05) is 19.8 Å². The van der Waals surface area contributed by atoms with E-state index in [1.807, 2.05) is 25.1 Å². The Balaban J connectivity index is 2.43. The zero-order chi connectivity index (χ0) is 15.6. The Hall–Kier alpha value is -2.01. The molecule has 0 saturated heterocycles. The van der Waals surface area contributed by atoms with Crippen molar-refractivity contribution in [2.24, 2.45) is 0 Å². The predicted molar refractivity (Wildman–Crippen MR) is 87.8 cm³/mol. The second-order valence-corrected chi connectivity index (χ2v) is 5.88. The molecule has 0 spiro atoms. The zero-order valence-electron chi connectivity index (χ0n) is 12.2. The number of nitrogen functional groups attached to an aromatic ring is 1. The van der Waals surface area contributed by atoms with E-state index in [2.05, 4.69) is 15.9 Å². The number of benzene rings is 2. The van der Waals surface area contributed by atoms with Crippen LogP contribution in [0.1, 0.15) is 15.9 Å². The first-order valence-corrected chi connectivity index (χ1v) is 7.23. The molecular weight excluding hydrogens is 332 g/mol. The largest absolute Gasteiger partial charge is 0.456 e. The SMILES string of the molecule is Cc1cc(Br)ccc1Oc1cc(N)ccc1C(=O)N(C)C. The smallest absolute Gasteiger partial charge is 0.257 e. The summed E-state index contributed by atoms with van der Waals surface area (Å²) in [5.74, 6) is 1.02. The van der Waals surface area contributed by atoms with Gasteiger partial charge in [-0.2, -0.15) is 0 Å². The van der Waals surface area contributed by atoms with Gasteiger partial charge >= 0.3 is 0 Å². The number of nitrogens with zero attached hydrogens (tertiary/aromatic N) is 1. The van der Waals surface area contributed by atoms with Crippen molar-refractivity contribution >= 4 is 27.5 Å². The highest BCUT2D eigenvalue weighted by Gasteiger charge is 2.16. The molecule has 5 heteroatoms. The molecule has 4 nitrogen and oxygen atoms in total. The Bertz CT molecular complexity index is 684. The van der Waals surface area contributed by atoms with Gasteiger partial charge in [-0.3, -0.25) is 4.79 Å². The van der Waals surface area contributed by atoms with E-state index in [4.69, 9.17) is 10.5 Å². The summed E-state index contributed by atoms with van der Waals surface area (Å²) < 4.78 is 6.88. The Morgan fingerprint density at radius 3 is 2.48 bits per heavy atom. The number of hydrogen-bond donors (Lipinski definition) is 1. The third-order valence-electron chi connectivity index (χ3n) is 3.00. The van der Waals surface area contributed by atoms with Crippen molar-refractivity contribution in [2.45, 2.75) is 6.92 Å². The fourth-order valence-corrected chi connectivity index (χ4v) is 2.36. The summed E-state index contributed by atoms with van der Waals surface area (Å²) in [6.45, 7) is 1.94. The summed E-state index contributed by atoms with van der Waals surface area (Å²) in [4.78, 5) is 13.7. The highest BCUT2D eigenvalue weighted by atomic mass is 79.9. The number of aryl methyl sites for hydroxylation is 1. The zero-order valence-corrected chi connectivity index (χ0v) is 13.8. The van der Waals surface area contributed by atoms with Crippen LogP contribution in [0.2, 0.25) is 0 Å². The van der Waals surface area contributed by atoms with Gasteiger partial charge < -0.3 is 15.4 Å². The van der Waals surface area contributed by atoms with Crippen LogP contribution in [0.4, 0.5) is 5.69 Å². The molecule has 0 unspecified atom stereocenters. The van der Waals surface area contributed by atoms with Gasteiger partial charge in [-0.05, 0) is 42.8 Å². The van der Waals surface area contributed by atoms with Crippen molar-refractivity contribution < 1.29 is 9.53 Å². The number of carbonyl (C=O) groups excluding carboxylic acids is 1. The second kappa shape index (κ2) is 6.18. The molecule has 2 aromatic carbocycles. The summed E-state index contributed by atoms with van der Waals surface area (Å²) in [6.07, 6.45) is 0. The minimum atomic E-state index is -0.125. The molecule has 2 rings (SSSR count). The van der Waals surface area contributed by atoms with Crippen molar-refractivity contribution in [3.63, 3.8) is 0 Å². The molecule has 0 heterocycles. The molecule has 2 aromatic rings. The summed E-state index contributed by atoms with van der Waals surface area (Å²) >= 11 is 3.41. The number of nitrogens with two attached hydrogens (primary N) is 1. The molecule has 21 heavy (non-hydrogen) atoms. The van der Waals surface area contributed by atoms with Gasteiger partial charge in [0.1, 0.15) is 11.5 Å². The average molecular weight is 349 g/mol. The molecule has 2 N–H and O–H groups in total. The lowest BCUT2D eigenvalue weighted by Gasteiger charge is -2.16. The van der Waals surface area contributed by atoms with E-state index in [0.29, 0.717) is 22.7 Å². The summed E-state index contributed by atoms with van der Waals surface area (Å²) in [7, 11) is 3.40. The van der Waals surface area contributed by atoms with Crippen molar-refractivity contribution in [3.05, 3.63) is 52.0 Å². The second-order valence-electron chi connectivity index (χ2n) is 4.97. The Labute approximate surface area is 132 Å². The molecule has 0 aliphatic heterocycles. The van der Waals surface area contributed by atoms with E-state index in [-0.39, 0.29) is 5.91 Å². The highest BCUT2D eigenvalue weighted by Crippen LogP contribution is 2.31. The maximum Gasteiger partial charge on any atom is 0.257 e. The normalized spacial score (nSPS) is 10.3. The predicted octanol–water partition coefficient (Wildman–Crippen LogP) is 3.83. The number of ether oxygens (including phenoxy) is 1. The fraction of sp³-hybridized carbons (Fsp3) is 0.188. The molecule has 0 aliphatic carbocycles. The minimum absolute atomic E-state index is 0.125. The molecule has 1 amide bonds. The monoisotopic (exact) mass is 348 g/mol. The first-order valence-electron chi connectivity index (χ1n) is 6.43. The topological polar surface area (TPSA) is 55.6 Å². The molecule has 0 saturated carbocycles. The van der Waals surface area contributed by atoms with Gasteiger partial charge in [0.15, 0.2) is 0 Å². The lowest BCUT2D eigenvalue weighted by Crippen LogP contribution is -2.22. The minimum Gasteiger partial charge on any atom is -0.456 e. The lowest BCUT2D eigenvalue weighted by atomic mass is 10.1. The maximum absolute atomic E-state index is 12.2. The van der Waals surface area contributed by atoms with E-state index < -0.39 is 0 Å². The quantitative estimate of drug-likeness (QED) is 0.857. The fourth-order valence-electron chi connectivity index (χ4n) is 1.89. The van der Waals surface area contributed by atoms with Crippen molar-refractivity contribution in [1.29, 1.82) is 0 Å². The lowest BCUT2D eigenvalue weighted by molar-refractivity contribution is 0.0825. The van der Waals surface area contributed by atoms with Crippen LogP contribution >= 0.6 is 15.9 Å². The van der Waals surface area contributed by atoms with Crippen molar-refractivity contribution in [1.82, 2.24) is 4.90 Å². The van der Waals surface area contributed by atoms with Crippen LogP contribution in [0.5, 0.6) is 11.5 Å². The molecule has 0 fully saturated rings. The van der Waals surface area contributed by atoms with Crippen molar-refractivity contribution in [3.8, 4) is 11.5 Å². The van der Waals surface area contributed by atoms with E-state index in [1.165, 1.54) is 4.90 Å². The highest BCUT2D eigenvalue weighted by molar-refractivity contribution is 9.10. The standard InChI is InChI=1S/C16H17BrN2O2/c1-10-8-11(17)4-7-14(10)21-15-9-12(18)5-6-13(15)16(20)19(2)3/h4-9H,18H2,1-3H3. The first kappa shape index (κ1) is 15.4. The summed E-state index contributed by atoms with van der Waals surface area (Å²) in [5, 5.41) is 0. The molecule has 0 aliphatic rings. The van der Waals surface area contributed by atoms with Gasteiger partial charge in [-0.25, -0.2) is 0 Å². The van der Waals surface area contributed by atoms with Crippen LogP contribution in [-0.2, 0) is 0 Å². The molecular formula is C16H17BrN2O2. The Morgan fingerprint density at radius 2 is 1.86 bits per heavy atom. The molecule has 0 aromatic heterocycles. The molecule has 110 valence electrons. The van der Waals surface area contributed by atoms with Gasteiger partial charge in [0.25, 0.3) is 5.91 Å². The number of rotatable bonds is 3. The van der Waals surface area contributed by atoms with E-state index in [0.717, 1.165) is 10.0 Å². The van der Waals surface area contributed by atoms with Crippen LogP contribution in [0.25, 0.3) is 0 Å². The van der Waals surface area contributed by atoms with Gasteiger partial charge in [0.05, 0.1) is 5.56 Å². The molecule has 0 bridgehead atoms. The molecule has 0 atom stereocenters. The van der Waals surface area contributed by atoms with Gasteiger partial charge in [-0.15, -0.1) is 0 Å². The van der Waals surface area contributed by atoms with E-state index in [1.54, 1.807) is 32.3 Å². The Morgan fingerprint density at radius 1 is 1.14 bits per heavy atom.